The number of esters is 2. The lowest BCUT2D eigenvalue weighted by atomic mass is 9.99. The third-order valence-electron chi connectivity index (χ3n) is 13.6. The minimum absolute atomic E-state index is 0.0150. The van der Waals surface area contributed by atoms with E-state index < -0.39 is 5.79 Å². The number of nitrogens with zero attached hydrogens (tertiary/aromatic N) is 1. The molecule has 0 radical (unpaired) electrons. The Kier molecular flexibility index (Phi) is 41.2. The first-order valence-corrected chi connectivity index (χ1v) is 28.1. The molecular formula is C56H109NO6. The number of unbranched alkanes of at least 4 members (excludes halogenated alkanes) is 27. The molecule has 0 aromatic rings. The third kappa shape index (κ3) is 36.6. The van der Waals surface area contributed by atoms with E-state index in [2.05, 4.69) is 46.7 Å². The smallest absolute Gasteiger partial charge is 0.306 e. The second-order valence-electron chi connectivity index (χ2n) is 20.2. The van der Waals surface area contributed by atoms with Crippen molar-refractivity contribution in [3.8, 4) is 0 Å². The molecule has 1 rings (SSSR count). The van der Waals surface area contributed by atoms with Gasteiger partial charge in [0, 0.05) is 32.2 Å². The van der Waals surface area contributed by atoms with Gasteiger partial charge in [-0.1, -0.05) is 188 Å². The highest BCUT2D eigenvalue weighted by Gasteiger charge is 2.40. The average molecular weight is 892 g/mol. The van der Waals surface area contributed by atoms with Gasteiger partial charge in [-0.2, -0.15) is 0 Å². The van der Waals surface area contributed by atoms with Gasteiger partial charge in [-0.25, -0.2) is 0 Å². The Morgan fingerprint density at radius 3 is 1.14 bits per heavy atom. The summed E-state index contributed by atoms with van der Waals surface area (Å²) < 4.78 is 25.4. The molecule has 0 aromatic carbocycles. The zero-order chi connectivity index (χ0) is 45.9. The molecule has 63 heavy (non-hydrogen) atoms. The lowest BCUT2D eigenvalue weighted by molar-refractivity contribution is -0.180. The summed E-state index contributed by atoms with van der Waals surface area (Å²) in [6.07, 6.45) is 48.5. The molecule has 1 fully saturated rings. The van der Waals surface area contributed by atoms with Gasteiger partial charge < -0.3 is 23.8 Å². The number of hydrogen-bond acceptors (Lipinski definition) is 7. The lowest BCUT2D eigenvalue weighted by Gasteiger charge is -2.29. The Morgan fingerprint density at radius 1 is 0.476 bits per heavy atom. The Hall–Kier alpha value is -1.18. The molecule has 3 unspecified atom stereocenters. The minimum Gasteiger partial charge on any atom is -0.462 e. The fourth-order valence-electron chi connectivity index (χ4n) is 9.38. The number of ether oxygens (including phenoxy) is 4. The molecule has 7 heteroatoms. The molecule has 1 saturated heterocycles. The molecule has 1 aliphatic rings. The van der Waals surface area contributed by atoms with E-state index in [0.717, 1.165) is 116 Å². The fourth-order valence-corrected chi connectivity index (χ4v) is 9.38. The lowest BCUT2D eigenvalue weighted by Crippen LogP contribution is -2.31. The number of carbonyl (C=O) groups is 2. The Balaban J connectivity index is 2.44. The monoisotopic (exact) mass is 892 g/mol. The molecule has 0 saturated carbocycles. The molecule has 0 spiro atoms. The zero-order valence-corrected chi connectivity index (χ0v) is 43.2. The van der Waals surface area contributed by atoms with Gasteiger partial charge in [0.1, 0.15) is 12.2 Å². The van der Waals surface area contributed by atoms with Crippen LogP contribution in [-0.2, 0) is 28.5 Å². The van der Waals surface area contributed by atoms with Crippen molar-refractivity contribution in [2.45, 2.75) is 321 Å². The maximum absolute atomic E-state index is 12.9. The fraction of sp³-hybridized carbons (Fsp3) is 0.964. The summed E-state index contributed by atoms with van der Waals surface area (Å²) in [5.74, 6) is -0.433. The Morgan fingerprint density at radius 2 is 0.794 bits per heavy atom. The largest absolute Gasteiger partial charge is 0.462 e. The van der Waals surface area contributed by atoms with Crippen LogP contribution in [0.2, 0.25) is 0 Å². The van der Waals surface area contributed by atoms with Crippen LogP contribution < -0.4 is 0 Å². The van der Waals surface area contributed by atoms with E-state index in [4.69, 9.17) is 18.9 Å². The van der Waals surface area contributed by atoms with Crippen LogP contribution in [0.15, 0.2) is 0 Å². The van der Waals surface area contributed by atoms with Crippen molar-refractivity contribution in [2.24, 2.45) is 0 Å². The van der Waals surface area contributed by atoms with Gasteiger partial charge in [-0.3, -0.25) is 9.59 Å². The highest BCUT2D eigenvalue weighted by Crippen LogP contribution is 2.36. The van der Waals surface area contributed by atoms with Crippen molar-refractivity contribution in [1.29, 1.82) is 0 Å². The molecule has 374 valence electrons. The Bertz CT molecular complexity index is 990. The molecule has 1 aliphatic heterocycles. The SMILES string of the molecule is CCCCCCCCC(CCCCCCC)OC(=O)CCCCCCCC1(CCCCCCCC(=O)OC(CCCCCCCC)CCCCCCCC)OCC(CCN(C)C)O1. The summed E-state index contributed by atoms with van der Waals surface area (Å²) in [6.45, 7) is 10.8. The molecule has 0 aromatic heterocycles. The topological polar surface area (TPSA) is 74.3 Å². The first-order valence-electron chi connectivity index (χ1n) is 28.1. The molecule has 7 nitrogen and oxygen atoms in total. The predicted octanol–water partition coefficient (Wildman–Crippen LogP) is 16.9. The van der Waals surface area contributed by atoms with E-state index in [1.807, 2.05) is 0 Å². The molecule has 1 heterocycles. The van der Waals surface area contributed by atoms with Crippen LogP contribution in [-0.4, -0.2) is 68.2 Å². The normalized spacial score (nSPS) is 17.0. The van der Waals surface area contributed by atoms with E-state index in [1.165, 1.54) is 148 Å². The van der Waals surface area contributed by atoms with E-state index in [-0.39, 0.29) is 30.3 Å². The first-order chi connectivity index (χ1) is 30.8. The minimum atomic E-state index is -0.465. The summed E-state index contributed by atoms with van der Waals surface area (Å²) in [5.41, 5.74) is 0. The van der Waals surface area contributed by atoms with Crippen molar-refractivity contribution in [1.82, 2.24) is 4.90 Å². The van der Waals surface area contributed by atoms with Gasteiger partial charge in [0.25, 0.3) is 0 Å². The van der Waals surface area contributed by atoms with Crippen molar-refractivity contribution in [3.05, 3.63) is 0 Å². The van der Waals surface area contributed by atoms with Crippen LogP contribution in [0.5, 0.6) is 0 Å². The van der Waals surface area contributed by atoms with Crippen LogP contribution in [0.3, 0.4) is 0 Å². The van der Waals surface area contributed by atoms with Crippen LogP contribution in [0.25, 0.3) is 0 Å². The maximum atomic E-state index is 12.9. The summed E-state index contributed by atoms with van der Waals surface area (Å²) in [4.78, 5) is 28.0. The van der Waals surface area contributed by atoms with Gasteiger partial charge in [0.15, 0.2) is 5.79 Å². The third-order valence-corrected chi connectivity index (χ3v) is 13.6. The highest BCUT2D eigenvalue weighted by atomic mass is 16.7. The highest BCUT2D eigenvalue weighted by molar-refractivity contribution is 5.69. The van der Waals surface area contributed by atoms with E-state index in [0.29, 0.717) is 19.4 Å². The average Bonchev–Trinajstić information content (AvgIpc) is 3.68. The number of rotatable bonds is 48. The van der Waals surface area contributed by atoms with Gasteiger partial charge in [0.05, 0.1) is 12.7 Å². The number of hydrogen-bond donors (Lipinski definition) is 0. The summed E-state index contributed by atoms with van der Waals surface area (Å²) >= 11 is 0. The quantitative estimate of drug-likeness (QED) is 0.0445. The van der Waals surface area contributed by atoms with E-state index in [9.17, 15) is 9.59 Å². The van der Waals surface area contributed by atoms with E-state index in [1.54, 1.807) is 0 Å². The van der Waals surface area contributed by atoms with Gasteiger partial charge >= 0.3 is 11.9 Å². The summed E-state index contributed by atoms with van der Waals surface area (Å²) in [7, 11) is 4.25. The second kappa shape index (κ2) is 43.4. The van der Waals surface area contributed by atoms with Gasteiger partial charge in [-0.15, -0.1) is 0 Å². The standard InChI is InChI=1S/C56H109NO6/c1-7-11-15-19-25-33-41-51(40-32-24-18-14-10-4)61-54(58)44-36-28-22-30-38-47-56(60-50-53(63-56)46-49-57(5)6)48-39-31-23-29-37-45-55(59)62-52(42-34-26-20-16-12-8-2)43-35-27-21-17-13-9-3/h51-53H,7-50H2,1-6H3. The first kappa shape index (κ1) is 59.8. The van der Waals surface area contributed by atoms with Crippen molar-refractivity contribution in [3.63, 3.8) is 0 Å². The van der Waals surface area contributed by atoms with Crippen LogP contribution >= 0.6 is 0 Å². The zero-order valence-electron chi connectivity index (χ0n) is 43.2. The second-order valence-corrected chi connectivity index (χ2v) is 20.2. The molecule has 3 atom stereocenters. The summed E-state index contributed by atoms with van der Waals surface area (Å²) in [5, 5.41) is 0. The van der Waals surface area contributed by atoms with Crippen molar-refractivity contribution in [2.75, 3.05) is 27.2 Å². The number of carbonyl (C=O) groups excluding carboxylic acids is 2. The molecule has 0 bridgehead atoms. The Labute approximate surface area is 392 Å². The van der Waals surface area contributed by atoms with Crippen molar-refractivity contribution >= 4 is 11.9 Å². The predicted molar refractivity (Wildman–Crippen MR) is 268 cm³/mol. The molecule has 0 aliphatic carbocycles. The van der Waals surface area contributed by atoms with Crippen LogP contribution in [0, 0.1) is 0 Å². The van der Waals surface area contributed by atoms with Gasteiger partial charge in [-0.05, 0) is 97.6 Å². The van der Waals surface area contributed by atoms with Gasteiger partial charge in [0.2, 0.25) is 0 Å². The maximum Gasteiger partial charge on any atom is 0.306 e. The summed E-state index contributed by atoms with van der Waals surface area (Å²) in [6, 6.07) is 0. The molecular weight excluding hydrogens is 783 g/mol. The molecule has 0 amide bonds. The van der Waals surface area contributed by atoms with E-state index >= 15 is 0 Å². The molecule has 0 N–H and O–H groups in total. The van der Waals surface area contributed by atoms with Crippen LogP contribution in [0.1, 0.15) is 297 Å². The van der Waals surface area contributed by atoms with Crippen LogP contribution in [0.4, 0.5) is 0 Å². The van der Waals surface area contributed by atoms with Crippen molar-refractivity contribution < 1.29 is 28.5 Å².